The fraction of sp³-hybridized carbons (Fsp3) is 0.130. The van der Waals surface area contributed by atoms with Crippen LogP contribution >= 0.6 is 0 Å². The molecule has 34 heavy (non-hydrogen) atoms. The molecule has 3 aromatic rings. The summed E-state index contributed by atoms with van der Waals surface area (Å²) in [6, 6.07) is 14.1. The molecule has 0 atom stereocenters. The Labute approximate surface area is 194 Å². The number of carbonyl (C=O) groups excluding carboxylic acids is 2. The number of halogens is 3. The molecule has 0 spiro atoms. The summed E-state index contributed by atoms with van der Waals surface area (Å²) in [5, 5.41) is 4.69. The van der Waals surface area contributed by atoms with E-state index in [1.807, 2.05) is 6.92 Å². The van der Waals surface area contributed by atoms with Crippen LogP contribution in [-0.2, 0) is 21.0 Å². The van der Waals surface area contributed by atoms with Crippen LogP contribution in [0.2, 0.25) is 0 Å². The maximum absolute atomic E-state index is 13.1. The summed E-state index contributed by atoms with van der Waals surface area (Å²) in [5.41, 5.74) is 0.0345. The highest BCUT2D eigenvalue weighted by Gasteiger charge is 2.31. The van der Waals surface area contributed by atoms with Crippen LogP contribution in [0.4, 0.5) is 30.2 Å². The highest BCUT2D eigenvalue weighted by molar-refractivity contribution is 7.92. The lowest BCUT2D eigenvalue weighted by atomic mass is 10.1. The zero-order chi connectivity index (χ0) is 25.1. The van der Waals surface area contributed by atoms with Crippen molar-refractivity contribution in [3.63, 3.8) is 0 Å². The number of sulfonamides is 1. The van der Waals surface area contributed by atoms with Gasteiger partial charge in [-0.25, -0.2) is 8.42 Å². The quantitative estimate of drug-likeness (QED) is 0.450. The highest BCUT2D eigenvalue weighted by atomic mass is 32.2. The molecule has 0 radical (unpaired) electrons. The van der Waals surface area contributed by atoms with Crippen molar-refractivity contribution in [3.05, 3.63) is 83.4 Å². The number of hydrogen-bond acceptors (Lipinski definition) is 4. The zero-order valence-corrected chi connectivity index (χ0v) is 18.8. The average molecular weight is 491 g/mol. The molecule has 0 unspecified atom stereocenters. The molecule has 0 aromatic heterocycles. The third kappa shape index (κ3) is 6.13. The smallest absolute Gasteiger partial charge is 0.325 e. The summed E-state index contributed by atoms with van der Waals surface area (Å²) in [7, 11) is -3.92. The first-order valence-corrected chi connectivity index (χ1v) is 11.3. The number of anilines is 3. The number of rotatable bonds is 6. The zero-order valence-electron chi connectivity index (χ0n) is 18.0. The summed E-state index contributed by atoms with van der Waals surface area (Å²) in [6.45, 7) is 3.04. The maximum Gasteiger partial charge on any atom is 0.416 e. The van der Waals surface area contributed by atoms with E-state index in [1.165, 1.54) is 31.2 Å². The van der Waals surface area contributed by atoms with E-state index in [-0.39, 0.29) is 21.8 Å². The number of aryl methyl sites for hydroxylation is 1. The number of carbonyl (C=O) groups is 2. The fourth-order valence-electron chi connectivity index (χ4n) is 2.94. The van der Waals surface area contributed by atoms with E-state index < -0.39 is 33.6 Å². The van der Waals surface area contributed by atoms with E-state index in [1.54, 1.807) is 24.3 Å². The number of alkyl halides is 3. The second-order valence-corrected chi connectivity index (χ2v) is 9.07. The first-order chi connectivity index (χ1) is 15.8. The number of nitrogens with one attached hydrogen (secondary N) is 3. The van der Waals surface area contributed by atoms with Crippen molar-refractivity contribution in [2.24, 2.45) is 0 Å². The monoisotopic (exact) mass is 491 g/mol. The van der Waals surface area contributed by atoms with Gasteiger partial charge in [0.1, 0.15) is 0 Å². The van der Waals surface area contributed by atoms with E-state index in [9.17, 15) is 31.2 Å². The van der Waals surface area contributed by atoms with E-state index in [4.69, 9.17) is 0 Å². The first kappa shape index (κ1) is 24.8. The van der Waals surface area contributed by atoms with Crippen molar-refractivity contribution in [1.82, 2.24) is 0 Å². The molecule has 0 aliphatic rings. The average Bonchev–Trinajstić information content (AvgIpc) is 2.75. The Morgan fingerprint density at radius 2 is 1.44 bits per heavy atom. The highest BCUT2D eigenvalue weighted by Crippen LogP contribution is 2.34. The predicted octanol–water partition coefficient (Wildman–Crippen LogP) is 5.03. The van der Waals surface area contributed by atoms with Gasteiger partial charge in [-0.05, 0) is 61.5 Å². The molecule has 0 saturated heterocycles. The standard InChI is InChI=1S/C23H20F3N3O4S/c1-14-3-8-18(9-4-14)29-34(32,33)19-10-5-16(6-11-19)22(31)28-21-13-17(23(24,25)26)7-12-20(21)27-15(2)30/h3-13,29H,1-2H3,(H,27,30)(H,28,31). The fourth-order valence-corrected chi connectivity index (χ4v) is 4.00. The van der Waals surface area contributed by atoms with Gasteiger partial charge in [0.05, 0.1) is 21.8 Å². The van der Waals surface area contributed by atoms with Crippen molar-refractivity contribution in [3.8, 4) is 0 Å². The van der Waals surface area contributed by atoms with Crippen molar-refractivity contribution in [1.29, 1.82) is 0 Å². The Hall–Kier alpha value is -3.86. The van der Waals surface area contributed by atoms with E-state index in [0.717, 1.165) is 17.7 Å². The van der Waals surface area contributed by atoms with E-state index in [2.05, 4.69) is 15.4 Å². The predicted molar refractivity (Wildman–Crippen MR) is 122 cm³/mol. The summed E-state index contributed by atoms with van der Waals surface area (Å²) in [5.74, 6) is -1.33. The van der Waals surface area contributed by atoms with E-state index in [0.29, 0.717) is 11.8 Å². The number of benzene rings is 3. The van der Waals surface area contributed by atoms with Crippen molar-refractivity contribution < 1.29 is 31.2 Å². The molecular weight excluding hydrogens is 471 g/mol. The van der Waals surface area contributed by atoms with Gasteiger partial charge in [-0.2, -0.15) is 13.2 Å². The third-order valence-corrected chi connectivity index (χ3v) is 6.03. The van der Waals surface area contributed by atoms with Gasteiger partial charge in [-0.3, -0.25) is 14.3 Å². The molecule has 178 valence electrons. The molecule has 7 nitrogen and oxygen atoms in total. The second-order valence-electron chi connectivity index (χ2n) is 7.39. The minimum absolute atomic E-state index is 0.000438. The van der Waals surface area contributed by atoms with Gasteiger partial charge in [0.15, 0.2) is 0 Å². The molecule has 2 amide bonds. The summed E-state index contributed by atoms with van der Waals surface area (Å²) in [4.78, 5) is 23.9. The Morgan fingerprint density at radius 3 is 2.00 bits per heavy atom. The van der Waals surface area contributed by atoms with Gasteiger partial charge >= 0.3 is 6.18 Å². The number of hydrogen-bond donors (Lipinski definition) is 3. The van der Waals surface area contributed by atoms with Crippen LogP contribution in [0.3, 0.4) is 0 Å². The minimum Gasteiger partial charge on any atom is -0.325 e. The van der Waals surface area contributed by atoms with Crippen molar-refractivity contribution in [2.45, 2.75) is 24.9 Å². The molecule has 3 N–H and O–H groups in total. The van der Waals surface area contributed by atoms with Crippen LogP contribution in [0, 0.1) is 6.92 Å². The Balaban J connectivity index is 1.82. The molecule has 11 heteroatoms. The molecule has 0 heterocycles. The van der Waals surface area contributed by atoms with Crippen molar-refractivity contribution >= 4 is 38.9 Å². The Morgan fingerprint density at radius 1 is 0.824 bits per heavy atom. The lowest BCUT2D eigenvalue weighted by Crippen LogP contribution is -2.17. The van der Waals surface area contributed by atoms with Gasteiger partial charge in [0, 0.05) is 18.2 Å². The largest absolute Gasteiger partial charge is 0.416 e. The van der Waals surface area contributed by atoms with Gasteiger partial charge in [0.2, 0.25) is 5.91 Å². The van der Waals surface area contributed by atoms with Crippen LogP contribution in [0.15, 0.2) is 71.6 Å². The molecular formula is C23H20F3N3O4S. The molecule has 3 aromatic carbocycles. The van der Waals surface area contributed by atoms with Gasteiger partial charge in [-0.1, -0.05) is 17.7 Å². The van der Waals surface area contributed by atoms with Gasteiger partial charge in [-0.15, -0.1) is 0 Å². The van der Waals surface area contributed by atoms with Gasteiger partial charge in [0.25, 0.3) is 15.9 Å². The number of amides is 2. The SMILES string of the molecule is CC(=O)Nc1ccc(C(F)(F)F)cc1NC(=O)c1ccc(S(=O)(=O)Nc2ccc(C)cc2)cc1. The van der Waals surface area contributed by atoms with Crippen LogP contribution in [0.25, 0.3) is 0 Å². The van der Waals surface area contributed by atoms with Crippen LogP contribution in [-0.4, -0.2) is 20.2 Å². The molecule has 3 rings (SSSR count). The lowest BCUT2D eigenvalue weighted by molar-refractivity contribution is -0.137. The normalized spacial score (nSPS) is 11.6. The molecule has 0 saturated carbocycles. The van der Waals surface area contributed by atoms with E-state index >= 15 is 0 Å². The second kappa shape index (κ2) is 9.56. The topological polar surface area (TPSA) is 104 Å². The maximum atomic E-state index is 13.1. The Bertz CT molecular complexity index is 1320. The Kier molecular flexibility index (Phi) is 6.96. The molecule has 0 fully saturated rings. The lowest BCUT2D eigenvalue weighted by Gasteiger charge is -2.15. The molecule has 0 aliphatic heterocycles. The molecule has 0 bridgehead atoms. The van der Waals surface area contributed by atoms with Crippen LogP contribution in [0.1, 0.15) is 28.4 Å². The van der Waals surface area contributed by atoms with Crippen molar-refractivity contribution in [2.75, 3.05) is 15.4 Å². The summed E-state index contributed by atoms with van der Waals surface area (Å²) >= 11 is 0. The van der Waals surface area contributed by atoms with Gasteiger partial charge < -0.3 is 10.6 Å². The minimum atomic E-state index is -4.66. The van der Waals surface area contributed by atoms with Crippen LogP contribution in [0.5, 0.6) is 0 Å². The first-order valence-electron chi connectivity index (χ1n) is 9.85. The summed E-state index contributed by atoms with van der Waals surface area (Å²) in [6.07, 6.45) is -4.66. The van der Waals surface area contributed by atoms with Crippen LogP contribution < -0.4 is 15.4 Å². The third-order valence-electron chi connectivity index (χ3n) is 4.64. The molecule has 0 aliphatic carbocycles. The summed E-state index contributed by atoms with van der Waals surface area (Å²) < 4.78 is 66.9.